The van der Waals surface area contributed by atoms with Crippen molar-refractivity contribution in [3.63, 3.8) is 0 Å². The van der Waals surface area contributed by atoms with Crippen LogP contribution in [0.25, 0.3) is 10.7 Å². The molecular formula is C23H25N5O4S2. The number of nitrogens with one attached hydrogen (secondary N) is 1. The molecule has 0 aliphatic carbocycles. The molecule has 1 aromatic carbocycles. The third kappa shape index (κ3) is 4.89. The molecule has 4 rings (SSSR count). The summed E-state index contributed by atoms with van der Waals surface area (Å²) in [4.78, 5) is 18.6. The van der Waals surface area contributed by atoms with Crippen molar-refractivity contribution in [2.45, 2.75) is 44.4 Å². The van der Waals surface area contributed by atoms with Crippen LogP contribution in [0.1, 0.15) is 48.9 Å². The van der Waals surface area contributed by atoms with Gasteiger partial charge in [-0.2, -0.15) is 14.6 Å². The smallest absolute Gasteiger partial charge is 0.244 e. The molecule has 11 heteroatoms. The highest BCUT2D eigenvalue weighted by atomic mass is 32.2. The number of thiophene rings is 1. The average molecular weight is 500 g/mol. The molecule has 1 fully saturated rings. The Bertz CT molecular complexity index is 1350. The summed E-state index contributed by atoms with van der Waals surface area (Å²) in [6.45, 7) is 6.16. The summed E-state index contributed by atoms with van der Waals surface area (Å²) in [7, 11) is -3.72. The number of rotatable bonds is 6. The Morgan fingerprint density at radius 1 is 1.29 bits per heavy atom. The van der Waals surface area contributed by atoms with E-state index >= 15 is 0 Å². The summed E-state index contributed by atoms with van der Waals surface area (Å²) in [6, 6.07) is 10.4. The van der Waals surface area contributed by atoms with Crippen LogP contribution >= 0.6 is 11.3 Å². The maximum absolute atomic E-state index is 13.3. The molecule has 9 nitrogen and oxygen atoms in total. The number of aromatic nitrogens is 2. The molecular weight excluding hydrogens is 474 g/mol. The normalized spacial score (nSPS) is 15.4. The second-order valence-electron chi connectivity index (χ2n) is 8.50. The molecule has 3 aromatic rings. The second kappa shape index (κ2) is 9.66. The van der Waals surface area contributed by atoms with Gasteiger partial charge < -0.3 is 9.84 Å². The number of nitriles is 1. The van der Waals surface area contributed by atoms with Gasteiger partial charge in [-0.1, -0.05) is 25.1 Å². The lowest BCUT2D eigenvalue weighted by Gasteiger charge is -2.30. The first-order valence-electron chi connectivity index (χ1n) is 10.9. The van der Waals surface area contributed by atoms with Gasteiger partial charge in [0.1, 0.15) is 0 Å². The fourth-order valence-corrected chi connectivity index (χ4v) is 6.77. The van der Waals surface area contributed by atoms with Gasteiger partial charge in [-0.25, -0.2) is 8.42 Å². The number of nitrogens with zero attached hydrogens (tertiary/aromatic N) is 4. The van der Waals surface area contributed by atoms with Crippen LogP contribution in [0.5, 0.6) is 0 Å². The molecule has 2 aromatic heterocycles. The van der Waals surface area contributed by atoms with Crippen molar-refractivity contribution in [2.24, 2.45) is 5.92 Å². The van der Waals surface area contributed by atoms with Gasteiger partial charge >= 0.3 is 0 Å². The summed E-state index contributed by atoms with van der Waals surface area (Å²) in [6.07, 6.45) is 0.837. The Morgan fingerprint density at radius 2 is 2.03 bits per heavy atom. The zero-order valence-electron chi connectivity index (χ0n) is 19.1. The number of sulfonamides is 1. The molecule has 1 amide bonds. The van der Waals surface area contributed by atoms with Crippen LogP contribution in [0.15, 0.2) is 39.8 Å². The van der Waals surface area contributed by atoms with Crippen molar-refractivity contribution in [2.75, 3.05) is 18.4 Å². The maximum Gasteiger partial charge on any atom is 0.244 e. The van der Waals surface area contributed by atoms with Crippen molar-refractivity contribution in [3.8, 4) is 16.8 Å². The van der Waals surface area contributed by atoms with Crippen molar-refractivity contribution in [3.05, 3.63) is 46.7 Å². The average Bonchev–Trinajstić information content (AvgIpc) is 3.47. The first kappa shape index (κ1) is 24.1. The largest absolute Gasteiger partial charge is 0.339 e. The molecule has 3 heterocycles. The van der Waals surface area contributed by atoms with Crippen LogP contribution in [-0.2, 0) is 14.8 Å². The van der Waals surface area contributed by atoms with E-state index in [-0.39, 0.29) is 35.7 Å². The highest BCUT2D eigenvalue weighted by molar-refractivity contribution is 7.89. The van der Waals surface area contributed by atoms with E-state index in [0.29, 0.717) is 45.6 Å². The Balaban J connectivity index is 1.43. The van der Waals surface area contributed by atoms with E-state index in [9.17, 15) is 13.2 Å². The molecule has 0 atom stereocenters. The summed E-state index contributed by atoms with van der Waals surface area (Å²) >= 11 is 1.32. The third-order valence-electron chi connectivity index (χ3n) is 5.73. The van der Waals surface area contributed by atoms with E-state index in [0.717, 1.165) is 0 Å². The third-order valence-corrected chi connectivity index (χ3v) is 8.93. The Kier molecular flexibility index (Phi) is 6.84. The van der Waals surface area contributed by atoms with Gasteiger partial charge in [0, 0.05) is 35.5 Å². The van der Waals surface area contributed by atoms with Crippen molar-refractivity contribution in [1.29, 1.82) is 5.26 Å². The zero-order valence-corrected chi connectivity index (χ0v) is 20.7. The van der Waals surface area contributed by atoms with Gasteiger partial charge in [0.2, 0.25) is 27.6 Å². The quantitative estimate of drug-likeness (QED) is 0.539. The molecule has 0 spiro atoms. The number of carbonyl (C=O) groups excluding carboxylic acids is 1. The number of hydrogen-bond donors (Lipinski definition) is 1. The highest BCUT2D eigenvalue weighted by Crippen LogP contribution is 2.35. The van der Waals surface area contributed by atoms with E-state index < -0.39 is 10.0 Å². The van der Waals surface area contributed by atoms with Crippen LogP contribution in [0.3, 0.4) is 0 Å². The van der Waals surface area contributed by atoms with Gasteiger partial charge in [-0.15, -0.1) is 11.3 Å². The highest BCUT2D eigenvalue weighted by Gasteiger charge is 2.34. The molecule has 0 saturated carbocycles. The monoisotopic (exact) mass is 499 g/mol. The number of aryl methyl sites for hydroxylation is 1. The lowest BCUT2D eigenvalue weighted by molar-refractivity contribution is -0.120. The predicted octanol–water partition coefficient (Wildman–Crippen LogP) is 4.14. The molecule has 0 unspecified atom stereocenters. The molecule has 1 saturated heterocycles. The van der Waals surface area contributed by atoms with Crippen molar-refractivity contribution >= 4 is 33.0 Å². The number of amides is 1. The Labute approximate surface area is 202 Å². The Hall–Kier alpha value is -3.07. The molecule has 0 bridgehead atoms. The van der Waals surface area contributed by atoms with Crippen LogP contribution in [0.2, 0.25) is 0 Å². The van der Waals surface area contributed by atoms with Crippen LogP contribution in [-0.4, -0.2) is 41.9 Å². The van der Waals surface area contributed by atoms with Crippen LogP contribution in [0, 0.1) is 24.2 Å². The minimum Gasteiger partial charge on any atom is -0.339 e. The number of carbonyl (C=O) groups is 1. The van der Waals surface area contributed by atoms with E-state index in [1.807, 2.05) is 19.9 Å². The molecule has 1 aliphatic heterocycles. The SMILES string of the molecule is Cc1sc(-c2noc(C(C)C)n2)cc1S(=O)(=O)N1CCC(C(=O)Nc2cccc(C#N)c2)CC1. The summed E-state index contributed by atoms with van der Waals surface area (Å²) < 4.78 is 33.4. The fourth-order valence-electron chi connectivity index (χ4n) is 3.81. The first-order valence-corrected chi connectivity index (χ1v) is 13.2. The second-order valence-corrected chi connectivity index (χ2v) is 11.7. The van der Waals surface area contributed by atoms with E-state index in [1.54, 1.807) is 37.3 Å². The molecule has 178 valence electrons. The van der Waals surface area contributed by atoms with Gasteiger partial charge in [-0.3, -0.25) is 4.79 Å². The summed E-state index contributed by atoms with van der Waals surface area (Å²) in [5, 5.41) is 15.8. The van der Waals surface area contributed by atoms with Gasteiger partial charge in [0.25, 0.3) is 0 Å². The number of piperidine rings is 1. The van der Waals surface area contributed by atoms with Crippen LogP contribution < -0.4 is 5.32 Å². The van der Waals surface area contributed by atoms with E-state index in [4.69, 9.17) is 9.78 Å². The minimum absolute atomic E-state index is 0.0827. The lowest BCUT2D eigenvalue weighted by Crippen LogP contribution is -2.41. The lowest BCUT2D eigenvalue weighted by atomic mass is 9.97. The van der Waals surface area contributed by atoms with E-state index in [2.05, 4.69) is 15.5 Å². The van der Waals surface area contributed by atoms with Gasteiger partial charge in [0.15, 0.2) is 0 Å². The van der Waals surface area contributed by atoms with Gasteiger partial charge in [0.05, 0.1) is 21.4 Å². The standard InChI is InChI=1S/C23H25N5O4S2/c1-14(2)23-26-21(27-32-23)19-12-20(15(3)33-19)34(30,31)28-9-7-17(8-10-28)22(29)25-18-6-4-5-16(11-18)13-24/h4-6,11-12,14,17H,7-10H2,1-3H3,(H,25,29). The van der Waals surface area contributed by atoms with Gasteiger partial charge in [-0.05, 0) is 44.0 Å². The molecule has 1 aliphatic rings. The first-order chi connectivity index (χ1) is 16.2. The molecule has 0 radical (unpaired) electrons. The van der Waals surface area contributed by atoms with Crippen molar-refractivity contribution < 1.29 is 17.7 Å². The summed E-state index contributed by atoms with van der Waals surface area (Å²) in [5.41, 5.74) is 1.02. The van der Waals surface area contributed by atoms with Crippen molar-refractivity contribution in [1.82, 2.24) is 14.4 Å². The maximum atomic E-state index is 13.3. The number of hydrogen-bond acceptors (Lipinski definition) is 8. The number of anilines is 1. The topological polar surface area (TPSA) is 129 Å². The molecule has 34 heavy (non-hydrogen) atoms. The summed E-state index contributed by atoms with van der Waals surface area (Å²) in [5.74, 6) is 0.503. The van der Waals surface area contributed by atoms with Crippen LogP contribution in [0.4, 0.5) is 5.69 Å². The molecule has 1 N–H and O–H groups in total. The Morgan fingerprint density at radius 3 is 2.68 bits per heavy atom. The zero-order chi connectivity index (χ0) is 24.5. The minimum atomic E-state index is -3.72. The fraction of sp³-hybridized carbons (Fsp3) is 0.391. The predicted molar refractivity (Wildman–Crippen MR) is 128 cm³/mol. The number of benzene rings is 1. The van der Waals surface area contributed by atoms with E-state index in [1.165, 1.54) is 15.6 Å².